The average Bonchev–Trinajstić information content (AvgIpc) is 2.40. The number of Topliss-reactive ketones (excluding diaryl/α,β-unsaturated/α-hetero) is 1. The molecule has 1 aromatic carbocycles. The summed E-state index contributed by atoms with van der Waals surface area (Å²) >= 11 is 0. The van der Waals surface area contributed by atoms with Crippen molar-refractivity contribution in [1.82, 2.24) is 4.98 Å². The molecule has 0 aliphatic heterocycles. The van der Waals surface area contributed by atoms with Crippen molar-refractivity contribution in [3.05, 3.63) is 69.9 Å². The van der Waals surface area contributed by atoms with Gasteiger partial charge in [0.05, 0.1) is 0 Å². The number of hydrogen-bond acceptors (Lipinski definition) is 4. The van der Waals surface area contributed by atoms with Crippen LogP contribution in [0.25, 0.3) is 0 Å². The van der Waals surface area contributed by atoms with Gasteiger partial charge in [0.2, 0.25) is 0 Å². The molecule has 1 heterocycles. The predicted octanol–water partition coefficient (Wildman–Crippen LogP) is 2.42. The molecule has 2 aromatic rings. The zero-order valence-electron chi connectivity index (χ0n) is 9.45. The van der Waals surface area contributed by atoms with Gasteiger partial charge >= 0.3 is 5.82 Å². The maximum absolute atomic E-state index is 12.0. The van der Waals surface area contributed by atoms with Crippen LogP contribution in [0.2, 0.25) is 0 Å². The van der Waals surface area contributed by atoms with Crippen LogP contribution in [0.5, 0.6) is 0 Å². The molecule has 0 saturated carbocycles. The van der Waals surface area contributed by atoms with Crippen LogP contribution in [0.1, 0.15) is 15.9 Å². The molecule has 0 saturated heterocycles. The second kappa shape index (κ2) is 5.18. The molecule has 18 heavy (non-hydrogen) atoms. The Balaban J connectivity index is 2.27. The minimum absolute atomic E-state index is 0.0475. The molecule has 90 valence electrons. The summed E-state index contributed by atoms with van der Waals surface area (Å²) < 4.78 is 0. The van der Waals surface area contributed by atoms with Crippen molar-refractivity contribution in [2.24, 2.45) is 0 Å². The Morgan fingerprint density at radius 3 is 2.56 bits per heavy atom. The number of benzene rings is 1. The monoisotopic (exact) mass is 242 g/mol. The van der Waals surface area contributed by atoms with Gasteiger partial charge in [-0.1, -0.05) is 30.3 Å². The normalized spacial score (nSPS) is 10.0. The van der Waals surface area contributed by atoms with Gasteiger partial charge in [0, 0.05) is 6.42 Å². The summed E-state index contributed by atoms with van der Waals surface area (Å²) in [5.74, 6) is -0.695. The lowest BCUT2D eigenvalue weighted by Crippen LogP contribution is -2.08. The Hall–Kier alpha value is -2.56. The van der Waals surface area contributed by atoms with Gasteiger partial charge in [0.25, 0.3) is 0 Å². The number of rotatable bonds is 4. The smallest absolute Gasteiger partial charge is 0.358 e. The van der Waals surface area contributed by atoms with E-state index < -0.39 is 10.7 Å². The van der Waals surface area contributed by atoms with Crippen LogP contribution in [0.3, 0.4) is 0 Å². The summed E-state index contributed by atoms with van der Waals surface area (Å²) in [5, 5.41) is 10.8. The zero-order valence-corrected chi connectivity index (χ0v) is 9.45. The van der Waals surface area contributed by atoms with Crippen molar-refractivity contribution in [2.45, 2.75) is 6.42 Å². The van der Waals surface area contributed by atoms with E-state index in [0.29, 0.717) is 0 Å². The minimum atomic E-state index is -0.641. The quantitative estimate of drug-likeness (QED) is 0.469. The lowest BCUT2D eigenvalue weighted by molar-refractivity contribution is -0.389. The number of nitro groups is 1. The maximum Gasteiger partial charge on any atom is 0.374 e. The molecule has 0 aliphatic rings. The number of hydrogen-bond donors (Lipinski definition) is 0. The molecule has 1 aromatic heterocycles. The molecule has 2 rings (SSSR count). The largest absolute Gasteiger partial charge is 0.374 e. The summed E-state index contributed by atoms with van der Waals surface area (Å²) in [5.41, 5.74) is 0.868. The van der Waals surface area contributed by atoms with Crippen LogP contribution in [-0.2, 0) is 6.42 Å². The summed E-state index contributed by atoms with van der Waals surface area (Å²) in [6.45, 7) is 0. The van der Waals surface area contributed by atoms with Gasteiger partial charge in [-0.05, 0) is 27.6 Å². The molecule has 0 aliphatic carbocycles. The second-order valence-electron chi connectivity index (χ2n) is 3.72. The molecule has 5 nitrogen and oxygen atoms in total. The van der Waals surface area contributed by atoms with Crippen molar-refractivity contribution < 1.29 is 9.72 Å². The molecule has 0 amide bonds. The fourth-order valence-corrected chi connectivity index (χ4v) is 1.64. The fourth-order valence-electron chi connectivity index (χ4n) is 1.64. The zero-order chi connectivity index (χ0) is 13.0. The highest BCUT2D eigenvalue weighted by molar-refractivity contribution is 6.00. The minimum Gasteiger partial charge on any atom is -0.358 e. The van der Waals surface area contributed by atoms with Crippen molar-refractivity contribution in [3.8, 4) is 0 Å². The van der Waals surface area contributed by atoms with Gasteiger partial charge in [-0.3, -0.25) is 4.79 Å². The van der Waals surface area contributed by atoms with Crippen LogP contribution in [0, 0.1) is 10.1 Å². The number of carbonyl (C=O) groups is 1. The molecule has 0 spiro atoms. The first-order chi connectivity index (χ1) is 8.68. The summed E-state index contributed by atoms with van der Waals surface area (Å²) in [7, 11) is 0. The molecule has 0 radical (unpaired) electrons. The summed E-state index contributed by atoms with van der Waals surface area (Å²) in [4.78, 5) is 25.7. The first kappa shape index (κ1) is 11.9. The van der Waals surface area contributed by atoms with Gasteiger partial charge in [0.15, 0.2) is 5.78 Å². The molecule has 5 heteroatoms. The van der Waals surface area contributed by atoms with Gasteiger partial charge in [0.1, 0.15) is 11.8 Å². The predicted molar refractivity (Wildman–Crippen MR) is 65.4 cm³/mol. The SMILES string of the molecule is O=C(Cc1ccccc1)c1cccnc1[N+](=O)[O-]. The fraction of sp³-hybridized carbons (Fsp3) is 0.0769. The number of pyridine rings is 1. The molecule has 0 atom stereocenters. The molecule has 0 fully saturated rings. The maximum atomic E-state index is 12.0. The third kappa shape index (κ3) is 2.57. The summed E-state index contributed by atoms with van der Waals surface area (Å²) in [6, 6.07) is 12.0. The Labute approximate surface area is 103 Å². The number of nitrogens with zero attached hydrogens (tertiary/aromatic N) is 2. The van der Waals surface area contributed by atoms with E-state index in [1.54, 1.807) is 12.1 Å². The van der Waals surface area contributed by atoms with Crippen LogP contribution >= 0.6 is 0 Å². The number of carbonyl (C=O) groups excluding carboxylic acids is 1. The number of aromatic nitrogens is 1. The highest BCUT2D eigenvalue weighted by atomic mass is 16.6. The Morgan fingerprint density at radius 2 is 1.89 bits per heavy atom. The highest BCUT2D eigenvalue weighted by Crippen LogP contribution is 2.16. The van der Waals surface area contributed by atoms with E-state index in [1.165, 1.54) is 18.3 Å². The lowest BCUT2D eigenvalue weighted by Gasteiger charge is -2.01. The topological polar surface area (TPSA) is 73.1 Å². The third-order valence-electron chi connectivity index (χ3n) is 2.47. The van der Waals surface area contributed by atoms with E-state index in [9.17, 15) is 14.9 Å². The molecular formula is C13H10N2O3. The van der Waals surface area contributed by atoms with Crippen LogP contribution in [-0.4, -0.2) is 15.7 Å². The van der Waals surface area contributed by atoms with Gasteiger partial charge in [-0.15, -0.1) is 0 Å². The van der Waals surface area contributed by atoms with Crippen LogP contribution in [0.15, 0.2) is 48.7 Å². The molecule has 0 bridgehead atoms. The Morgan fingerprint density at radius 1 is 1.17 bits per heavy atom. The van der Waals surface area contributed by atoms with Gasteiger partial charge in [-0.25, -0.2) is 0 Å². The Kier molecular flexibility index (Phi) is 3.43. The molecule has 0 N–H and O–H groups in total. The van der Waals surface area contributed by atoms with Crippen LogP contribution < -0.4 is 0 Å². The van der Waals surface area contributed by atoms with Crippen molar-refractivity contribution in [2.75, 3.05) is 0 Å². The highest BCUT2D eigenvalue weighted by Gasteiger charge is 2.20. The van der Waals surface area contributed by atoms with Gasteiger partial charge in [-0.2, -0.15) is 0 Å². The standard InChI is InChI=1S/C13H10N2O3/c16-12(9-10-5-2-1-3-6-10)11-7-4-8-14-13(11)15(17)18/h1-8H,9H2. The Bertz CT molecular complexity index is 582. The van der Waals surface area contributed by atoms with E-state index >= 15 is 0 Å². The molecule has 0 unspecified atom stereocenters. The van der Waals surface area contributed by atoms with Crippen molar-refractivity contribution >= 4 is 11.6 Å². The second-order valence-corrected chi connectivity index (χ2v) is 3.72. The van der Waals surface area contributed by atoms with E-state index in [2.05, 4.69) is 4.98 Å². The van der Waals surface area contributed by atoms with E-state index in [0.717, 1.165) is 5.56 Å². The lowest BCUT2D eigenvalue weighted by atomic mass is 10.0. The third-order valence-corrected chi connectivity index (χ3v) is 2.47. The van der Waals surface area contributed by atoms with E-state index in [-0.39, 0.29) is 17.8 Å². The first-order valence-corrected chi connectivity index (χ1v) is 5.35. The molecular weight excluding hydrogens is 232 g/mol. The van der Waals surface area contributed by atoms with Crippen molar-refractivity contribution in [3.63, 3.8) is 0 Å². The number of ketones is 1. The van der Waals surface area contributed by atoms with E-state index in [1.807, 2.05) is 18.2 Å². The average molecular weight is 242 g/mol. The van der Waals surface area contributed by atoms with Gasteiger partial charge < -0.3 is 10.1 Å². The van der Waals surface area contributed by atoms with Crippen molar-refractivity contribution in [1.29, 1.82) is 0 Å². The first-order valence-electron chi connectivity index (χ1n) is 5.35. The van der Waals surface area contributed by atoms with Crippen LogP contribution in [0.4, 0.5) is 5.82 Å². The summed E-state index contributed by atoms with van der Waals surface area (Å²) in [6.07, 6.45) is 1.44. The van der Waals surface area contributed by atoms with E-state index in [4.69, 9.17) is 0 Å².